The molecule has 0 spiro atoms. The first-order valence-electron chi connectivity index (χ1n) is 11.1. The number of nitrogens with zero attached hydrogens (tertiary/aromatic N) is 1. The zero-order valence-corrected chi connectivity index (χ0v) is 20.2. The van der Waals surface area contributed by atoms with E-state index in [0.717, 1.165) is 12.8 Å². The van der Waals surface area contributed by atoms with Gasteiger partial charge in [-0.3, -0.25) is 4.48 Å². The maximum atomic E-state index is 12.1. The zero-order valence-electron chi connectivity index (χ0n) is 19.4. The lowest BCUT2D eigenvalue weighted by molar-refractivity contribution is -0.926. The Kier molecular flexibility index (Phi) is 18.4. The second-order valence-corrected chi connectivity index (χ2v) is 8.48. The van der Waals surface area contributed by atoms with E-state index < -0.39 is 12.2 Å². The summed E-state index contributed by atoms with van der Waals surface area (Å²) in [5.41, 5.74) is 0.353. The van der Waals surface area contributed by atoms with E-state index in [1.54, 1.807) is 13.8 Å². The van der Waals surface area contributed by atoms with Crippen LogP contribution in [0, 0.1) is 0 Å². The van der Waals surface area contributed by atoms with E-state index in [1.165, 1.54) is 57.8 Å². The van der Waals surface area contributed by atoms with E-state index in [4.69, 9.17) is 9.47 Å². The molecule has 6 heteroatoms. The lowest BCUT2D eigenvalue weighted by atomic mass is 10.1. The van der Waals surface area contributed by atoms with Crippen LogP contribution >= 0.6 is 0 Å². The molecular formula is C23H44ClNO4. The highest BCUT2D eigenvalue weighted by atomic mass is 35.5. The molecule has 0 amide bonds. The van der Waals surface area contributed by atoms with Crippen molar-refractivity contribution in [2.45, 2.75) is 97.6 Å². The maximum absolute atomic E-state index is 12.1. The van der Waals surface area contributed by atoms with Crippen molar-refractivity contribution in [2.75, 3.05) is 27.2 Å². The fourth-order valence-corrected chi connectivity index (χ4v) is 2.86. The van der Waals surface area contributed by atoms with Gasteiger partial charge in [0.2, 0.25) is 6.23 Å². The van der Waals surface area contributed by atoms with Crippen LogP contribution in [-0.4, -0.2) is 49.9 Å². The maximum Gasteiger partial charge on any atom is 0.361 e. The molecule has 0 rings (SSSR count). The Morgan fingerprint density at radius 3 is 1.79 bits per heavy atom. The van der Waals surface area contributed by atoms with Crippen LogP contribution in [0.25, 0.3) is 0 Å². The first-order valence-corrected chi connectivity index (χ1v) is 11.1. The number of carbonyl (C=O) groups excluding carboxylic acids is 2. The van der Waals surface area contributed by atoms with Gasteiger partial charge in [0.25, 0.3) is 0 Å². The van der Waals surface area contributed by atoms with Gasteiger partial charge in [0.15, 0.2) is 6.54 Å². The first-order chi connectivity index (χ1) is 13.2. The Labute approximate surface area is 185 Å². The average Bonchev–Trinajstić information content (AvgIpc) is 2.62. The van der Waals surface area contributed by atoms with Crippen LogP contribution in [0.3, 0.4) is 0 Å². The normalized spacial score (nSPS) is 12.0. The number of rotatable bonds is 17. The number of unbranched alkanes of at least 4 members (excludes halogenated alkanes) is 10. The number of likely N-dealkylation sites (N-methyl/N-ethyl adjacent to an activating group) is 1. The summed E-state index contributed by atoms with van der Waals surface area (Å²) in [7, 11) is 3.69. The van der Waals surface area contributed by atoms with Crippen molar-refractivity contribution in [3.8, 4) is 0 Å². The highest BCUT2D eigenvalue weighted by Crippen LogP contribution is 2.12. The largest absolute Gasteiger partial charge is 1.00 e. The Balaban J connectivity index is 0. The van der Waals surface area contributed by atoms with Gasteiger partial charge in [0, 0.05) is 12.5 Å². The van der Waals surface area contributed by atoms with Gasteiger partial charge in [-0.05, 0) is 13.3 Å². The number of carbonyl (C=O) groups is 2. The first kappa shape index (κ1) is 30.1. The van der Waals surface area contributed by atoms with E-state index in [9.17, 15) is 9.59 Å². The number of esters is 2. The second-order valence-electron chi connectivity index (χ2n) is 8.48. The van der Waals surface area contributed by atoms with Gasteiger partial charge < -0.3 is 21.9 Å². The highest BCUT2D eigenvalue weighted by Gasteiger charge is 2.30. The van der Waals surface area contributed by atoms with Crippen molar-refractivity contribution in [1.82, 2.24) is 0 Å². The summed E-state index contributed by atoms with van der Waals surface area (Å²) in [6.07, 6.45) is 13.5. The Bertz CT molecular complexity index is 466. The standard InChI is InChI=1S/C23H44NO4.ClH/c1-7-8-9-10-11-12-13-14-15-16-17-18-27-22(25)19-24(5,6)21(4)28-23(26)20(2)3;/h21H,2,7-19H2,1,3-6H3;1H/q+1;/p-1. The van der Waals surface area contributed by atoms with E-state index in [2.05, 4.69) is 13.5 Å². The molecule has 1 unspecified atom stereocenters. The molecule has 0 aromatic heterocycles. The van der Waals surface area contributed by atoms with E-state index >= 15 is 0 Å². The molecule has 0 aliphatic carbocycles. The fourth-order valence-electron chi connectivity index (χ4n) is 2.86. The molecule has 5 nitrogen and oxygen atoms in total. The minimum absolute atomic E-state index is 0. The van der Waals surface area contributed by atoms with Crippen LogP contribution in [0.1, 0.15) is 91.4 Å². The quantitative estimate of drug-likeness (QED) is 0.116. The van der Waals surface area contributed by atoms with E-state index in [0.29, 0.717) is 12.2 Å². The molecule has 0 N–H and O–H groups in total. The number of ether oxygens (including phenoxy) is 2. The van der Waals surface area contributed by atoms with Crippen LogP contribution in [-0.2, 0) is 19.1 Å². The summed E-state index contributed by atoms with van der Waals surface area (Å²) < 4.78 is 10.9. The fraction of sp³-hybridized carbons (Fsp3) is 0.826. The molecule has 0 fully saturated rings. The van der Waals surface area contributed by atoms with Crippen molar-refractivity contribution in [2.24, 2.45) is 0 Å². The molecule has 0 aromatic rings. The smallest absolute Gasteiger partial charge is 0.361 e. The lowest BCUT2D eigenvalue weighted by Gasteiger charge is -2.33. The molecule has 0 saturated carbocycles. The Morgan fingerprint density at radius 1 is 0.897 bits per heavy atom. The number of halogens is 1. The van der Waals surface area contributed by atoms with Crippen molar-refractivity contribution in [3.63, 3.8) is 0 Å². The number of hydrogen-bond acceptors (Lipinski definition) is 4. The van der Waals surface area contributed by atoms with Crippen molar-refractivity contribution >= 4 is 11.9 Å². The Morgan fingerprint density at radius 2 is 1.34 bits per heavy atom. The zero-order chi connectivity index (χ0) is 21.4. The molecule has 0 aliphatic heterocycles. The molecule has 172 valence electrons. The van der Waals surface area contributed by atoms with Crippen LogP contribution in [0.4, 0.5) is 0 Å². The number of quaternary nitrogens is 1. The topological polar surface area (TPSA) is 52.6 Å². The monoisotopic (exact) mass is 433 g/mol. The summed E-state index contributed by atoms with van der Waals surface area (Å²) in [6, 6.07) is 0. The molecule has 0 aromatic carbocycles. The summed E-state index contributed by atoms with van der Waals surface area (Å²) in [4.78, 5) is 23.7. The minimum Gasteiger partial charge on any atom is -1.00 e. The van der Waals surface area contributed by atoms with Crippen molar-refractivity contribution < 1.29 is 36.0 Å². The van der Waals surface area contributed by atoms with Crippen LogP contribution < -0.4 is 12.4 Å². The predicted molar refractivity (Wildman–Crippen MR) is 115 cm³/mol. The van der Waals surface area contributed by atoms with Gasteiger partial charge in [-0.2, -0.15) is 0 Å². The number of hydrogen-bond donors (Lipinski definition) is 0. The summed E-state index contributed by atoms with van der Waals surface area (Å²) in [5.74, 6) is -0.691. The van der Waals surface area contributed by atoms with Gasteiger partial charge in [0.1, 0.15) is 0 Å². The van der Waals surface area contributed by atoms with Crippen molar-refractivity contribution in [3.05, 3.63) is 12.2 Å². The molecule has 0 radical (unpaired) electrons. The van der Waals surface area contributed by atoms with Gasteiger partial charge in [-0.15, -0.1) is 0 Å². The van der Waals surface area contributed by atoms with Gasteiger partial charge >= 0.3 is 11.9 Å². The summed E-state index contributed by atoms with van der Waals surface area (Å²) in [6.45, 7) is 9.84. The van der Waals surface area contributed by atoms with E-state index in [1.807, 2.05) is 14.1 Å². The molecule has 29 heavy (non-hydrogen) atoms. The Hall–Kier alpha value is -1.07. The van der Waals surface area contributed by atoms with Crippen LogP contribution in [0.5, 0.6) is 0 Å². The third kappa shape index (κ3) is 16.4. The third-order valence-corrected chi connectivity index (χ3v) is 5.16. The van der Waals surface area contributed by atoms with Gasteiger partial charge in [-0.25, -0.2) is 9.59 Å². The molecule has 0 aliphatic rings. The van der Waals surface area contributed by atoms with Gasteiger partial charge in [0.05, 0.1) is 20.7 Å². The predicted octanol–water partition coefficient (Wildman–Crippen LogP) is 2.39. The molecule has 0 bridgehead atoms. The third-order valence-electron chi connectivity index (χ3n) is 5.16. The highest BCUT2D eigenvalue weighted by molar-refractivity contribution is 5.87. The SMILES string of the molecule is C=C(C)C(=O)OC(C)[N+](C)(C)CC(=O)OCCCCCCCCCCCCC.[Cl-]. The van der Waals surface area contributed by atoms with E-state index in [-0.39, 0.29) is 29.4 Å². The minimum atomic E-state index is -0.446. The van der Waals surface area contributed by atoms with Crippen LogP contribution in [0.15, 0.2) is 12.2 Å². The molecule has 0 heterocycles. The van der Waals surface area contributed by atoms with Crippen LogP contribution in [0.2, 0.25) is 0 Å². The lowest BCUT2D eigenvalue weighted by Crippen LogP contribution is -3.00. The van der Waals surface area contributed by atoms with Gasteiger partial charge in [-0.1, -0.05) is 77.7 Å². The summed E-state index contributed by atoms with van der Waals surface area (Å²) in [5, 5.41) is 0. The molecular weight excluding hydrogens is 390 g/mol. The molecule has 1 atom stereocenters. The van der Waals surface area contributed by atoms with Crippen molar-refractivity contribution in [1.29, 1.82) is 0 Å². The average molecular weight is 434 g/mol. The molecule has 0 saturated heterocycles. The summed E-state index contributed by atoms with van der Waals surface area (Å²) >= 11 is 0. The second kappa shape index (κ2) is 17.8.